The van der Waals surface area contributed by atoms with Gasteiger partial charge in [0.05, 0.1) is 5.56 Å². The predicted octanol–water partition coefficient (Wildman–Crippen LogP) is 3.56. The van der Waals surface area contributed by atoms with Crippen molar-refractivity contribution in [1.29, 1.82) is 0 Å². The summed E-state index contributed by atoms with van der Waals surface area (Å²) in [5.74, 6) is -0.0113. The zero-order chi connectivity index (χ0) is 13.3. The molecule has 1 amide bonds. The van der Waals surface area contributed by atoms with Crippen molar-refractivity contribution in [2.45, 2.75) is 45.2 Å². The number of hydrogen-bond acceptors (Lipinski definition) is 2. The third-order valence-corrected chi connectivity index (χ3v) is 4.17. The fourth-order valence-corrected chi connectivity index (χ4v) is 3.02. The monoisotopic (exact) mass is 311 g/mol. The largest absolute Gasteiger partial charge is 0.507 e. The van der Waals surface area contributed by atoms with E-state index in [0.29, 0.717) is 11.6 Å². The van der Waals surface area contributed by atoms with Gasteiger partial charge in [0.2, 0.25) is 0 Å². The number of hydrogen-bond donors (Lipinski definition) is 1. The van der Waals surface area contributed by atoms with Crippen LogP contribution in [0.3, 0.4) is 0 Å². The first-order chi connectivity index (χ1) is 8.54. The van der Waals surface area contributed by atoms with Crippen LogP contribution >= 0.6 is 15.9 Å². The van der Waals surface area contributed by atoms with Gasteiger partial charge in [-0.15, -0.1) is 0 Å². The van der Waals surface area contributed by atoms with Crippen LogP contribution in [-0.4, -0.2) is 28.0 Å². The van der Waals surface area contributed by atoms with Crippen molar-refractivity contribution >= 4 is 21.8 Å². The van der Waals surface area contributed by atoms with Gasteiger partial charge in [-0.25, -0.2) is 0 Å². The molecule has 2 unspecified atom stereocenters. The maximum absolute atomic E-state index is 12.5. The van der Waals surface area contributed by atoms with E-state index < -0.39 is 0 Å². The van der Waals surface area contributed by atoms with Crippen molar-refractivity contribution < 1.29 is 9.90 Å². The second-order valence-corrected chi connectivity index (χ2v) is 5.78. The Morgan fingerprint density at radius 2 is 2.22 bits per heavy atom. The lowest BCUT2D eigenvalue weighted by molar-refractivity contribution is 0.0673. The van der Waals surface area contributed by atoms with Crippen LogP contribution in [0, 0.1) is 0 Å². The third kappa shape index (κ3) is 2.39. The van der Waals surface area contributed by atoms with E-state index in [1.54, 1.807) is 18.2 Å². The molecule has 2 rings (SSSR count). The molecule has 1 fully saturated rings. The van der Waals surface area contributed by atoms with Crippen molar-refractivity contribution in [3.05, 3.63) is 28.2 Å². The van der Waals surface area contributed by atoms with Crippen LogP contribution in [0.25, 0.3) is 0 Å². The van der Waals surface area contributed by atoms with Gasteiger partial charge in [0.25, 0.3) is 5.91 Å². The maximum atomic E-state index is 12.5. The Kier molecular flexibility index (Phi) is 3.95. The second-order valence-electron chi connectivity index (χ2n) is 4.86. The molecule has 2 atom stereocenters. The fourth-order valence-electron chi connectivity index (χ4n) is 2.66. The minimum Gasteiger partial charge on any atom is -0.507 e. The van der Waals surface area contributed by atoms with Gasteiger partial charge in [-0.05, 0) is 44.4 Å². The molecule has 3 nitrogen and oxygen atoms in total. The van der Waals surface area contributed by atoms with Crippen molar-refractivity contribution in [1.82, 2.24) is 4.90 Å². The van der Waals surface area contributed by atoms with Gasteiger partial charge in [0.1, 0.15) is 5.75 Å². The van der Waals surface area contributed by atoms with E-state index in [1.165, 1.54) is 0 Å². The van der Waals surface area contributed by atoms with Crippen molar-refractivity contribution in [2.24, 2.45) is 0 Å². The number of likely N-dealkylation sites (tertiary alicyclic amines) is 1. The Labute approximate surface area is 116 Å². The lowest BCUT2D eigenvalue weighted by Crippen LogP contribution is -2.39. The first kappa shape index (κ1) is 13.4. The Hall–Kier alpha value is -1.03. The predicted molar refractivity (Wildman–Crippen MR) is 74.8 cm³/mol. The summed E-state index contributed by atoms with van der Waals surface area (Å²) in [7, 11) is 0. The molecule has 0 aromatic heterocycles. The van der Waals surface area contributed by atoms with E-state index in [0.717, 1.165) is 23.7 Å². The topological polar surface area (TPSA) is 40.5 Å². The molecule has 1 aliphatic rings. The van der Waals surface area contributed by atoms with Gasteiger partial charge in [0.15, 0.2) is 0 Å². The molecular formula is C14H18BrNO2. The zero-order valence-corrected chi connectivity index (χ0v) is 12.3. The van der Waals surface area contributed by atoms with Crippen LogP contribution in [0.5, 0.6) is 5.75 Å². The van der Waals surface area contributed by atoms with Gasteiger partial charge in [-0.1, -0.05) is 22.9 Å². The highest BCUT2D eigenvalue weighted by Crippen LogP contribution is 2.31. The summed E-state index contributed by atoms with van der Waals surface area (Å²) < 4.78 is 0.809. The molecule has 0 saturated carbocycles. The summed E-state index contributed by atoms with van der Waals surface area (Å²) in [6, 6.07) is 5.53. The van der Waals surface area contributed by atoms with Crippen LogP contribution in [-0.2, 0) is 0 Å². The normalized spacial score (nSPS) is 23.4. The number of amides is 1. The Morgan fingerprint density at radius 3 is 2.89 bits per heavy atom. The van der Waals surface area contributed by atoms with Crippen molar-refractivity contribution in [3.8, 4) is 5.75 Å². The smallest absolute Gasteiger partial charge is 0.258 e. The summed E-state index contributed by atoms with van der Waals surface area (Å²) >= 11 is 3.34. The average Bonchev–Trinajstić information content (AvgIpc) is 2.72. The molecule has 0 spiro atoms. The maximum Gasteiger partial charge on any atom is 0.258 e. The average molecular weight is 312 g/mol. The molecule has 0 aliphatic carbocycles. The zero-order valence-electron chi connectivity index (χ0n) is 10.7. The quantitative estimate of drug-likeness (QED) is 0.907. The molecule has 98 valence electrons. The number of benzene rings is 1. The fraction of sp³-hybridized carbons (Fsp3) is 0.500. The van der Waals surface area contributed by atoms with Gasteiger partial charge in [0, 0.05) is 16.6 Å². The Balaban J connectivity index is 2.32. The molecule has 0 bridgehead atoms. The minimum atomic E-state index is -0.0642. The summed E-state index contributed by atoms with van der Waals surface area (Å²) in [5, 5.41) is 9.84. The highest BCUT2D eigenvalue weighted by molar-refractivity contribution is 9.10. The number of nitrogens with zero attached hydrogens (tertiary/aromatic N) is 1. The molecule has 1 aromatic carbocycles. The van der Waals surface area contributed by atoms with E-state index >= 15 is 0 Å². The highest BCUT2D eigenvalue weighted by atomic mass is 79.9. The number of aromatic hydroxyl groups is 1. The van der Waals surface area contributed by atoms with Gasteiger partial charge in [-0.3, -0.25) is 4.79 Å². The third-order valence-electron chi connectivity index (χ3n) is 3.68. The van der Waals surface area contributed by atoms with Gasteiger partial charge >= 0.3 is 0 Å². The van der Waals surface area contributed by atoms with Crippen LogP contribution in [0.4, 0.5) is 0 Å². The second kappa shape index (κ2) is 5.31. The standard InChI is InChI=1S/C14H18BrNO2/c1-3-11-6-4-9(2)16(11)14(18)12-8-10(15)5-7-13(12)17/h5,7-9,11,17H,3-4,6H2,1-2H3. The van der Waals surface area contributed by atoms with E-state index in [-0.39, 0.29) is 17.7 Å². The highest BCUT2D eigenvalue weighted by Gasteiger charge is 2.34. The summed E-state index contributed by atoms with van der Waals surface area (Å²) in [6.07, 6.45) is 3.06. The number of halogens is 1. The van der Waals surface area contributed by atoms with E-state index in [9.17, 15) is 9.90 Å². The van der Waals surface area contributed by atoms with Gasteiger partial charge < -0.3 is 10.0 Å². The number of carbonyl (C=O) groups excluding carboxylic acids is 1. The van der Waals surface area contributed by atoms with E-state index in [2.05, 4.69) is 29.8 Å². The number of carbonyl (C=O) groups is 1. The van der Waals surface area contributed by atoms with Crippen LogP contribution in [0.2, 0.25) is 0 Å². The summed E-state index contributed by atoms with van der Waals surface area (Å²) in [4.78, 5) is 14.5. The summed E-state index contributed by atoms with van der Waals surface area (Å²) in [5.41, 5.74) is 0.386. The first-order valence-corrected chi connectivity index (χ1v) is 7.15. The van der Waals surface area contributed by atoms with E-state index in [1.807, 2.05) is 4.90 Å². The Morgan fingerprint density at radius 1 is 1.50 bits per heavy atom. The van der Waals surface area contributed by atoms with Crippen molar-refractivity contribution in [2.75, 3.05) is 0 Å². The molecule has 4 heteroatoms. The molecule has 0 radical (unpaired) electrons. The number of rotatable bonds is 2. The summed E-state index contributed by atoms with van der Waals surface area (Å²) in [6.45, 7) is 4.17. The number of phenols is 1. The van der Waals surface area contributed by atoms with Crippen molar-refractivity contribution in [3.63, 3.8) is 0 Å². The lowest BCUT2D eigenvalue weighted by Gasteiger charge is -2.28. The number of phenolic OH excluding ortho intramolecular Hbond substituents is 1. The molecular weight excluding hydrogens is 294 g/mol. The molecule has 1 N–H and O–H groups in total. The Bertz CT molecular complexity index is 461. The lowest BCUT2D eigenvalue weighted by atomic mass is 10.1. The molecule has 1 aromatic rings. The van der Waals surface area contributed by atoms with Crippen LogP contribution in [0.1, 0.15) is 43.5 Å². The van der Waals surface area contributed by atoms with E-state index in [4.69, 9.17) is 0 Å². The molecule has 1 aliphatic heterocycles. The molecule has 1 heterocycles. The van der Waals surface area contributed by atoms with Crippen LogP contribution < -0.4 is 0 Å². The minimum absolute atomic E-state index is 0.0529. The SMILES string of the molecule is CCC1CCC(C)N1C(=O)c1cc(Br)ccc1O. The first-order valence-electron chi connectivity index (χ1n) is 6.35. The van der Waals surface area contributed by atoms with Crippen LogP contribution in [0.15, 0.2) is 22.7 Å². The molecule has 18 heavy (non-hydrogen) atoms. The molecule has 1 saturated heterocycles. The van der Waals surface area contributed by atoms with Gasteiger partial charge in [-0.2, -0.15) is 0 Å².